The molecule has 0 amide bonds. The number of aromatic nitrogens is 1. The zero-order valence-corrected chi connectivity index (χ0v) is 11.0. The Bertz CT molecular complexity index is 585. The van der Waals surface area contributed by atoms with Crippen molar-refractivity contribution in [2.75, 3.05) is 31.7 Å². The Morgan fingerprint density at radius 3 is 3.05 bits per heavy atom. The smallest absolute Gasteiger partial charge is 0.136 e. The number of aliphatic hydroxyl groups excluding tert-OH is 1. The van der Waals surface area contributed by atoms with Crippen LogP contribution < -0.4 is 9.64 Å². The molecule has 1 aromatic heterocycles. The first-order chi connectivity index (χ1) is 9.31. The maximum Gasteiger partial charge on any atom is 0.136 e. The first-order valence-electron chi connectivity index (χ1n) is 6.60. The second kappa shape index (κ2) is 5.05. The van der Waals surface area contributed by atoms with Crippen LogP contribution in [0.5, 0.6) is 5.75 Å². The largest absolute Gasteiger partial charge is 0.497 e. The quantitative estimate of drug-likeness (QED) is 0.915. The van der Waals surface area contributed by atoms with Gasteiger partial charge in [-0.25, -0.2) is 4.98 Å². The van der Waals surface area contributed by atoms with Crippen LogP contribution in [0.1, 0.15) is 6.42 Å². The molecule has 3 rings (SSSR count). The highest BCUT2D eigenvalue weighted by molar-refractivity contribution is 5.93. The van der Waals surface area contributed by atoms with E-state index in [0.29, 0.717) is 5.92 Å². The standard InChI is InChI=1S/C15H18N2O2/c1-19-13-2-3-14-12(8-13)4-6-16-15(14)17-7-5-11(9-17)10-18/h2-4,6,8,11,18H,5,7,9-10H2,1H3. The third kappa shape index (κ3) is 2.24. The number of benzene rings is 1. The molecular formula is C15H18N2O2. The molecule has 2 heterocycles. The van der Waals surface area contributed by atoms with Crippen molar-refractivity contribution >= 4 is 16.6 Å². The molecule has 0 radical (unpaired) electrons. The highest BCUT2D eigenvalue weighted by Crippen LogP contribution is 2.30. The predicted molar refractivity (Wildman–Crippen MR) is 75.7 cm³/mol. The summed E-state index contributed by atoms with van der Waals surface area (Å²) in [6.07, 6.45) is 2.87. The van der Waals surface area contributed by atoms with Gasteiger partial charge in [0.15, 0.2) is 0 Å². The first kappa shape index (κ1) is 12.2. The maximum absolute atomic E-state index is 9.25. The number of anilines is 1. The van der Waals surface area contributed by atoms with Crippen LogP contribution >= 0.6 is 0 Å². The SMILES string of the molecule is COc1ccc2c(N3CCC(CO)C3)nccc2c1. The fourth-order valence-corrected chi connectivity index (χ4v) is 2.69. The lowest BCUT2D eigenvalue weighted by atomic mass is 10.1. The Balaban J connectivity index is 2.00. The van der Waals surface area contributed by atoms with Crippen molar-refractivity contribution in [3.05, 3.63) is 30.5 Å². The normalized spacial score (nSPS) is 19.1. The van der Waals surface area contributed by atoms with Gasteiger partial charge in [-0.1, -0.05) is 0 Å². The van der Waals surface area contributed by atoms with Crippen LogP contribution in [0, 0.1) is 5.92 Å². The third-order valence-electron chi connectivity index (χ3n) is 3.79. The molecule has 1 unspecified atom stereocenters. The molecule has 1 saturated heterocycles. The highest BCUT2D eigenvalue weighted by atomic mass is 16.5. The van der Waals surface area contributed by atoms with Crippen molar-refractivity contribution in [2.45, 2.75) is 6.42 Å². The molecule has 1 fully saturated rings. The van der Waals surface area contributed by atoms with E-state index in [4.69, 9.17) is 4.74 Å². The van der Waals surface area contributed by atoms with Gasteiger partial charge < -0.3 is 14.7 Å². The van der Waals surface area contributed by atoms with E-state index in [2.05, 4.69) is 16.0 Å². The van der Waals surface area contributed by atoms with Gasteiger partial charge in [-0.2, -0.15) is 0 Å². The van der Waals surface area contributed by atoms with Crippen LogP contribution in [0.3, 0.4) is 0 Å². The van der Waals surface area contributed by atoms with Crippen molar-refractivity contribution in [1.29, 1.82) is 0 Å². The van der Waals surface area contributed by atoms with Gasteiger partial charge in [0.1, 0.15) is 11.6 Å². The molecule has 2 aromatic rings. The minimum absolute atomic E-state index is 0.259. The summed E-state index contributed by atoms with van der Waals surface area (Å²) in [5, 5.41) is 11.5. The number of pyridine rings is 1. The van der Waals surface area contributed by atoms with Gasteiger partial charge in [-0.15, -0.1) is 0 Å². The lowest BCUT2D eigenvalue weighted by Gasteiger charge is -2.19. The first-order valence-corrected chi connectivity index (χ1v) is 6.60. The number of nitrogens with zero attached hydrogens (tertiary/aromatic N) is 2. The molecule has 0 spiro atoms. The zero-order chi connectivity index (χ0) is 13.2. The van der Waals surface area contributed by atoms with Crippen LogP contribution in [0.2, 0.25) is 0 Å². The molecule has 4 nitrogen and oxygen atoms in total. The van der Waals surface area contributed by atoms with E-state index in [1.54, 1.807) is 7.11 Å². The van der Waals surface area contributed by atoms with E-state index in [1.807, 2.05) is 24.4 Å². The average Bonchev–Trinajstić information content (AvgIpc) is 2.94. The summed E-state index contributed by atoms with van der Waals surface area (Å²) < 4.78 is 5.26. The van der Waals surface area contributed by atoms with E-state index >= 15 is 0 Å². The monoisotopic (exact) mass is 258 g/mol. The lowest BCUT2D eigenvalue weighted by molar-refractivity contribution is 0.238. The minimum atomic E-state index is 0.259. The number of hydrogen-bond donors (Lipinski definition) is 1. The van der Waals surface area contributed by atoms with Gasteiger partial charge in [-0.05, 0) is 36.1 Å². The van der Waals surface area contributed by atoms with E-state index in [-0.39, 0.29) is 6.61 Å². The number of methoxy groups -OCH3 is 1. The summed E-state index contributed by atoms with van der Waals surface area (Å²) in [7, 11) is 1.68. The molecule has 1 aliphatic rings. The van der Waals surface area contributed by atoms with Crippen LogP contribution in [-0.4, -0.2) is 36.9 Å². The van der Waals surface area contributed by atoms with Gasteiger partial charge >= 0.3 is 0 Å². The Labute approximate surface area is 112 Å². The molecule has 4 heteroatoms. The van der Waals surface area contributed by atoms with Gasteiger partial charge in [0, 0.05) is 37.2 Å². The van der Waals surface area contributed by atoms with Crippen molar-refractivity contribution < 1.29 is 9.84 Å². The van der Waals surface area contributed by atoms with Crippen LogP contribution in [-0.2, 0) is 0 Å². The Kier molecular flexibility index (Phi) is 3.25. The van der Waals surface area contributed by atoms with E-state index in [0.717, 1.165) is 41.9 Å². The fraction of sp³-hybridized carbons (Fsp3) is 0.400. The summed E-state index contributed by atoms with van der Waals surface area (Å²) >= 11 is 0. The second-order valence-electron chi connectivity index (χ2n) is 5.00. The number of aliphatic hydroxyl groups is 1. The van der Waals surface area contributed by atoms with Crippen LogP contribution in [0.25, 0.3) is 10.8 Å². The molecule has 0 bridgehead atoms. The maximum atomic E-state index is 9.25. The van der Waals surface area contributed by atoms with Gasteiger partial charge in [-0.3, -0.25) is 0 Å². The minimum Gasteiger partial charge on any atom is -0.497 e. The number of rotatable bonds is 3. The van der Waals surface area contributed by atoms with Gasteiger partial charge in [0.25, 0.3) is 0 Å². The van der Waals surface area contributed by atoms with E-state index in [9.17, 15) is 5.11 Å². The molecule has 1 N–H and O–H groups in total. The summed E-state index contributed by atoms with van der Waals surface area (Å²) in [6.45, 7) is 2.10. The number of fused-ring (bicyclic) bond motifs is 1. The summed E-state index contributed by atoms with van der Waals surface area (Å²) in [6, 6.07) is 8.05. The molecule has 0 saturated carbocycles. The van der Waals surface area contributed by atoms with Crippen LogP contribution in [0.15, 0.2) is 30.5 Å². The fourth-order valence-electron chi connectivity index (χ4n) is 2.69. The topological polar surface area (TPSA) is 45.6 Å². The molecule has 1 aromatic carbocycles. The highest BCUT2D eigenvalue weighted by Gasteiger charge is 2.23. The van der Waals surface area contributed by atoms with E-state index in [1.165, 1.54) is 0 Å². The molecule has 19 heavy (non-hydrogen) atoms. The summed E-state index contributed by atoms with van der Waals surface area (Å²) in [5.41, 5.74) is 0. The lowest BCUT2D eigenvalue weighted by Crippen LogP contribution is -2.21. The molecule has 1 aliphatic heterocycles. The van der Waals surface area contributed by atoms with Gasteiger partial charge in [0.05, 0.1) is 7.11 Å². The summed E-state index contributed by atoms with van der Waals surface area (Å²) in [5.74, 6) is 2.24. The summed E-state index contributed by atoms with van der Waals surface area (Å²) in [4.78, 5) is 6.78. The number of hydrogen-bond acceptors (Lipinski definition) is 4. The van der Waals surface area contributed by atoms with Crippen molar-refractivity contribution in [3.63, 3.8) is 0 Å². The van der Waals surface area contributed by atoms with Gasteiger partial charge in [0.2, 0.25) is 0 Å². The molecular weight excluding hydrogens is 240 g/mol. The average molecular weight is 258 g/mol. The molecule has 0 aliphatic carbocycles. The van der Waals surface area contributed by atoms with E-state index < -0.39 is 0 Å². The molecule has 100 valence electrons. The van der Waals surface area contributed by atoms with Crippen molar-refractivity contribution in [2.24, 2.45) is 5.92 Å². The third-order valence-corrected chi connectivity index (χ3v) is 3.79. The Morgan fingerprint density at radius 1 is 1.42 bits per heavy atom. The van der Waals surface area contributed by atoms with Crippen molar-refractivity contribution in [1.82, 2.24) is 4.98 Å². The Hall–Kier alpha value is -1.81. The number of ether oxygens (including phenoxy) is 1. The Morgan fingerprint density at radius 2 is 2.32 bits per heavy atom. The van der Waals surface area contributed by atoms with Crippen molar-refractivity contribution in [3.8, 4) is 5.75 Å². The zero-order valence-electron chi connectivity index (χ0n) is 11.0. The molecule has 1 atom stereocenters. The van der Waals surface area contributed by atoms with Crippen LogP contribution in [0.4, 0.5) is 5.82 Å². The second-order valence-corrected chi connectivity index (χ2v) is 5.00. The predicted octanol–water partition coefficient (Wildman–Crippen LogP) is 2.06.